The van der Waals surface area contributed by atoms with E-state index in [1.54, 1.807) is 44.2 Å². The number of nitrogens with one attached hydrogen (secondary N) is 2. The molecule has 3 aromatic rings. The molecule has 3 rings (SSSR count). The average molecular weight is 441 g/mol. The molecule has 0 saturated heterocycles. The first-order valence-corrected chi connectivity index (χ1v) is 11.3. The summed E-state index contributed by atoms with van der Waals surface area (Å²) in [6, 6.07) is 15.5. The summed E-state index contributed by atoms with van der Waals surface area (Å²) < 4.78 is 41.8. The molecule has 162 valence electrons. The van der Waals surface area contributed by atoms with Gasteiger partial charge in [-0.05, 0) is 74.7 Å². The number of aryl methyl sites for hydroxylation is 3. The number of rotatable bonds is 6. The number of carbonyl (C=O) groups is 1. The minimum Gasteiger partial charge on any atom is -0.346 e. The van der Waals surface area contributed by atoms with Gasteiger partial charge in [0.15, 0.2) is 0 Å². The van der Waals surface area contributed by atoms with Gasteiger partial charge in [-0.2, -0.15) is 0 Å². The van der Waals surface area contributed by atoms with Crippen LogP contribution >= 0.6 is 0 Å². The summed E-state index contributed by atoms with van der Waals surface area (Å²) >= 11 is 0. The maximum absolute atomic E-state index is 13.1. The van der Waals surface area contributed by atoms with Gasteiger partial charge < -0.3 is 5.32 Å². The number of hydrogen-bond donors (Lipinski definition) is 2. The van der Waals surface area contributed by atoms with Crippen LogP contribution in [-0.2, 0) is 10.0 Å². The van der Waals surface area contributed by atoms with Crippen LogP contribution in [0.2, 0.25) is 0 Å². The smallest absolute Gasteiger partial charge is 0.262 e. The van der Waals surface area contributed by atoms with Crippen LogP contribution in [-0.4, -0.2) is 14.3 Å². The largest absolute Gasteiger partial charge is 0.346 e. The summed E-state index contributed by atoms with van der Waals surface area (Å²) in [6.07, 6.45) is 0. The lowest BCUT2D eigenvalue weighted by Gasteiger charge is -2.16. The molecule has 1 amide bonds. The van der Waals surface area contributed by atoms with Crippen LogP contribution in [0.25, 0.3) is 0 Å². The van der Waals surface area contributed by atoms with E-state index in [1.807, 2.05) is 26.0 Å². The zero-order chi connectivity index (χ0) is 22.8. The molecule has 5 nitrogen and oxygen atoms in total. The number of benzene rings is 3. The highest BCUT2D eigenvalue weighted by atomic mass is 32.2. The Balaban J connectivity index is 1.84. The first-order valence-electron chi connectivity index (χ1n) is 9.84. The average Bonchev–Trinajstić information content (AvgIpc) is 2.70. The summed E-state index contributed by atoms with van der Waals surface area (Å²) in [7, 11) is -3.89. The molecule has 1 atom stereocenters. The Morgan fingerprint density at radius 1 is 0.903 bits per heavy atom. The molecule has 0 aliphatic carbocycles. The predicted molar refractivity (Wildman–Crippen MR) is 120 cm³/mol. The zero-order valence-electron chi connectivity index (χ0n) is 17.9. The van der Waals surface area contributed by atoms with Crippen LogP contribution in [0, 0.1) is 26.6 Å². The first-order chi connectivity index (χ1) is 14.6. The lowest BCUT2D eigenvalue weighted by atomic mass is 10.1. The molecule has 31 heavy (non-hydrogen) atoms. The van der Waals surface area contributed by atoms with Crippen molar-refractivity contribution in [2.24, 2.45) is 0 Å². The highest BCUT2D eigenvalue weighted by Crippen LogP contribution is 2.24. The van der Waals surface area contributed by atoms with Gasteiger partial charge in [0.25, 0.3) is 15.9 Å². The van der Waals surface area contributed by atoms with Crippen molar-refractivity contribution in [2.45, 2.75) is 38.6 Å². The van der Waals surface area contributed by atoms with Crippen molar-refractivity contribution in [3.05, 3.63) is 94.3 Å². The van der Waals surface area contributed by atoms with Gasteiger partial charge in [0.2, 0.25) is 0 Å². The predicted octanol–water partition coefficient (Wildman–Crippen LogP) is 5.04. The van der Waals surface area contributed by atoms with Crippen LogP contribution in [0.4, 0.5) is 10.1 Å². The third kappa shape index (κ3) is 5.30. The fourth-order valence-corrected chi connectivity index (χ4v) is 4.68. The third-order valence-electron chi connectivity index (χ3n) is 5.08. The maximum Gasteiger partial charge on any atom is 0.262 e. The van der Waals surface area contributed by atoms with Crippen LogP contribution in [0.5, 0.6) is 0 Å². The summed E-state index contributed by atoms with van der Waals surface area (Å²) in [6.45, 7) is 7.22. The molecule has 0 heterocycles. The molecule has 0 saturated carbocycles. The SMILES string of the molecule is Cc1ccc(NS(=O)(=O)c2cc(C(=O)N[C@@H](C)c3ccc(F)cc3)ccc2C)c(C)c1. The van der Waals surface area contributed by atoms with Crippen molar-refractivity contribution in [3.63, 3.8) is 0 Å². The van der Waals surface area contributed by atoms with Crippen molar-refractivity contribution in [1.29, 1.82) is 0 Å². The summed E-state index contributed by atoms with van der Waals surface area (Å²) in [5, 5.41) is 2.82. The highest BCUT2D eigenvalue weighted by Gasteiger charge is 2.21. The number of halogens is 1. The van der Waals surface area contributed by atoms with Crippen LogP contribution in [0.15, 0.2) is 65.6 Å². The fraction of sp³-hybridized carbons (Fsp3) is 0.208. The van der Waals surface area contributed by atoms with Gasteiger partial charge in [-0.1, -0.05) is 35.9 Å². The number of carbonyl (C=O) groups excluding carboxylic acids is 1. The monoisotopic (exact) mass is 440 g/mol. The van der Waals surface area contributed by atoms with E-state index < -0.39 is 15.9 Å². The summed E-state index contributed by atoms with van der Waals surface area (Å²) in [4.78, 5) is 12.8. The quantitative estimate of drug-likeness (QED) is 0.564. The number of amides is 1. The van der Waals surface area contributed by atoms with E-state index in [0.29, 0.717) is 11.3 Å². The van der Waals surface area contributed by atoms with Crippen LogP contribution < -0.4 is 10.0 Å². The van der Waals surface area contributed by atoms with Crippen molar-refractivity contribution in [2.75, 3.05) is 4.72 Å². The van der Waals surface area contributed by atoms with Gasteiger partial charge in [0, 0.05) is 5.56 Å². The topological polar surface area (TPSA) is 75.3 Å². The highest BCUT2D eigenvalue weighted by molar-refractivity contribution is 7.92. The van der Waals surface area contributed by atoms with Gasteiger partial charge in [-0.15, -0.1) is 0 Å². The molecule has 0 aliphatic heterocycles. The first kappa shape index (κ1) is 22.5. The van der Waals surface area contributed by atoms with Gasteiger partial charge >= 0.3 is 0 Å². The number of sulfonamides is 1. The van der Waals surface area contributed by atoms with E-state index in [0.717, 1.165) is 16.7 Å². The second kappa shape index (κ2) is 8.89. The molecular formula is C24H25FN2O3S. The van der Waals surface area contributed by atoms with E-state index in [9.17, 15) is 17.6 Å². The molecule has 0 unspecified atom stereocenters. The van der Waals surface area contributed by atoms with Crippen LogP contribution in [0.1, 0.15) is 45.6 Å². The van der Waals surface area contributed by atoms with E-state index in [1.165, 1.54) is 18.2 Å². The second-order valence-corrected chi connectivity index (χ2v) is 9.30. The Labute approximate surface area is 182 Å². The van der Waals surface area contributed by atoms with Gasteiger partial charge in [-0.3, -0.25) is 9.52 Å². The molecule has 2 N–H and O–H groups in total. The van der Waals surface area contributed by atoms with Gasteiger partial charge in [0.1, 0.15) is 5.82 Å². The van der Waals surface area contributed by atoms with Crippen molar-refractivity contribution in [1.82, 2.24) is 5.32 Å². The molecule has 0 aliphatic rings. The minimum absolute atomic E-state index is 0.0366. The van der Waals surface area contributed by atoms with Crippen molar-refractivity contribution >= 4 is 21.6 Å². The molecule has 0 spiro atoms. The van der Waals surface area contributed by atoms with Crippen LogP contribution in [0.3, 0.4) is 0 Å². The molecule has 0 fully saturated rings. The van der Waals surface area contributed by atoms with Gasteiger partial charge in [-0.25, -0.2) is 12.8 Å². The van der Waals surface area contributed by atoms with E-state index in [-0.39, 0.29) is 22.3 Å². The van der Waals surface area contributed by atoms with Crippen molar-refractivity contribution < 1.29 is 17.6 Å². The lowest BCUT2D eigenvalue weighted by molar-refractivity contribution is 0.0939. The molecular weight excluding hydrogens is 415 g/mol. The fourth-order valence-electron chi connectivity index (χ4n) is 3.27. The summed E-state index contributed by atoms with van der Waals surface area (Å²) in [5.74, 6) is -0.772. The zero-order valence-corrected chi connectivity index (χ0v) is 18.7. The third-order valence-corrected chi connectivity index (χ3v) is 6.59. The lowest BCUT2D eigenvalue weighted by Crippen LogP contribution is -2.27. The molecule has 0 radical (unpaired) electrons. The molecule has 0 bridgehead atoms. The molecule has 0 aromatic heterocycles. The normalized spacial score (nSPS) is 12.3. The number of hydrogen-bond acceptors (Lipinski definition) is 3. The van der Waals surface area contributed by atoms with E-state index in [4.69, 9.17) is 0 Å². The minimum atomic E-state index is -3.89. The van der Waals surface area contributed by atoms with Crippen molar-refractivity contribution in [3.8, 4) is 0 Å². The summed E-state index contributed by atoms with van der Waals surface area (Å²) in [5.41, 5.74) is 3.82. The second-order valence-electron chi connectivity index (χ2n) is 7.65. The Hall–Kier alpha value is -3.19. The molecule has 3 aromatic carbocycles. The maximum atomic E-state index is 13.1. The molecule has 7 heteroatoms. The Kier molecular flexibility index (Phi) is 6.45. The van der Waals surface area contributed by atoms with E-state index >= 15 is 0 Å². The Morgan fingerprint density at radius 3 is 2.23 bits per heavy atom. The Bertz CT molecular complexity index is 1220. The van der Waals surface area contributed by atoms with E-state index in [2.05, 4.69) is 10.0 Å². The Morgan fingerprint density at radius 2 is 1.58 bits per heavy atom. The number of anilines is 1. The standard InChI is InChI=1S/C24H25FN2O3S/c1-15-5-12-22(17(3)13-15)27-31(29,30)23-14-20(7-6-16(23)2)24(28)26-18(4)19-8-10-21(25)11-9-19/h5-14,18,27H,1-4H3,(H,26,28)/t18-/m0/s1. The van der Waals surface area contributed by atoms with Gasteiger partial charge in [0.05, 0.1) is 16.6 Å².